The lowest BCUT2D eigenvalue weighted by Crippen LogP contribution is -2.12. The summed E-state index contributed by atoms with van der Waals surface area (Å²) in [7, 11) is -3.70. The maximum absolute atomic E-state index is 12.4. The van der Waals surface area contributed by atoms with Crippen molar-refractivity contribution in [1.29, 1.82) is 5.26 Å². The topological polar surface area (TPSA) is 82.8 Å². The van der Waals surface area contributed by atoms with Crippen LogP contribution in [0.1, 0.15) is 11.1 Å². The molecule has 3 aromatic rings. The van der Waals surface area contributed by atoms with Crippen LogP contribution in [0.4, 0.5) is 5.69 Å². The van der Waals surface area contributed by atoms with Crippen molar-refractivity contribution in [1.82, 2.24) is 4.98 Å². The van der Waals surface area contributed by atoms with Crippen LogP contribution in [0.2, 0.25) is 0 Å². The second-order valence-corrected chi connectivity index (χ2v) is 7.16. The average molecular weight is 349 g/mol. The fraction of sp³-hybridized carbons (Fsp3) is 0.0526. The van der Waals surface area contributed by atoms with Gasteiger partial charge >= 0.3 is 0 Å². The number of benzene rings is 2. The molecular weight excluding hydrogens is 334 g/mol. The largest absolute Gasteiger partial charge is 0.280 e. The molecule has 0 saturated heterocycles. The molecule has 0 spiro atoms. The summed E-state index contributed by atoms with van der Waals surface area (Å²) in [5.74, 6) is 0. The molecule has 0 radical (unpaired) electrons. The molecule has 0 atom stereocenters. The third kappa shape index (κ3) is 3.52. The fourth-order valence-corrected chi connectivity index (χ4v) is 3.57. The van der Waals surface area contributed by atoms with E-state index in [0.29, 0.717) is 11.3 Å². The summed E-state index contributed by atoms with van der Waals surface area (Å²) in [5, 5.41) is 9.46. The average Bonchev–Trinajstić information content (AvgIpc) is 2.63. The number of nitriles is 1. The number of aromatic nitrogens is 1. The first kappa shape index (κ1) is 16.7. The van der Waals surface area contributed by atoms with Gasteiger partial charge in [-0.3, -0.25) is 9.71 Å². The monoisotopic (exact) mass is 349 g/mol. The van der Waals surface area contributed by atoms with Crippen molar-refractivity contribution in [2.24, 2.45) is 0 Å². The van der Waals surface area contributed by atoms with E-state index < -0.39 is 10.0 Å². The van der Waals surface area contributed by atoms with Crippen molar-refractivity contribution in [2.75, 3.05) is 4.72 Å². The summed E-state index contributed by atoms with van der Waals surface area (Å²) in [5.41, 5.74) is 3.27. The minimum Gasteiger partial charge on any atom is -0.280 e. The maximum atomic E-state index is 12.4. The lowest BCUT2D eigenvalue weighted by Gasteiger charge is -2.11. The number of hydrogen-bond acceptors (Lipinski definition) is 4. The lowest BCUT2D eigenvalue weighted by molar-refractivity contribution is 0.601. The standard InChI is InChI=1S/C19H15N3O2S/c1-14-9-10-21-13-19(14)18-8-7-16(11-15(18)12-20)22-25(23,24)17-5-3-2-4-6-17/h2-11,13,22H,1H3. The van der Waals surface area contributed by atoms with Crippen molar-refractivity contribution in [3.8, 4) is 17.2 Å². The van der Waals surface area contributed by atoms with Crippen LogP contribution in [0.15, 0.2) is 71.9 Å². The van der Waals surface area contributed by atoms with Crippen LogP contribution in [-0.4, -0.2) is 13.4 Å². The van der Waals surface area contributed by atoms with Gasteiger partial charge in [0.15, 0.2) is 0 Å². The Hall–Kier alpha value is -3.17. The summed E-state index contributed by atoms with van der Waals surface area (Å²) < 4.78 is 27.3. The molecule has 0 fully saturated rings. The van der Waals surface area contributed by atoms with E-state index in [4.69, 9.17) is 0 Å². The molecule has 2 aromatic carbocycles. The van der Waals surface area contributed by atoms with Gasteiger partial charge in [0.2, 0.25) is 0 Å². The van der Waals surface area contributed by atoms with Crippen LogP contribution >= 0.6 is 0 Å². The molecule has 0 aliphatic heterocycles. The number of rotatable bonds is 4. The predicted molar refractivity (Wildman–Crippen MR) is 96.4 cm³/mol. The maximum Gasteiger partial charge on any atom is 0.261 e. The van der Waals surface area contributed by atoms with Crippen LogP contribution in [0.3, 0.4) is 0 Å². The quantitative estimate of drug-likeness (QED) is 0.778. The highest BCUT2D eigenvalue weighted by molar-refractivity contribution is 7.92. The molecule has 0 unspecified atom stereocenters. The molecule has 3 rings (SSSR count). The highest BCUT2D eigenvalue weighted by Crippen LogP contribution is 2.28. The van der Waals surface area contributed by atoms with Gasteiger partial charge in [0.25, 0.3) is 10.0 Å². The van der Waals surface area contributed by atoms with Crippen LogP contribution in [-0.2, 0) is 10.0 Å². The van der Waals surface area contributed by atoms with Gasteiger partial charge in [0, 0.05) is 23.5 Å². The molecule has 0 amide bonds. The Labute approximate surface area is 146 Å². The normalized spacial score (nSPS) is 10.9. The summed E-state index contributed by atoms with van der Waals surface area (Å²) in [6.45, 7) is 1.93. The van der Waals surface area contributed by atoms with Crippen molar-refractivity contribution in [2.45, 2.75) is 11.8 Å². The number of sulfonamides is 1. The van der Waals surface area contributed by atoms with E-state index in [1.165, 1.54) is 18.2 Å². The molecule has 1 N–H and O–H groups in total. The molecule has 6 heteroatoms. The zero-order valence-corrected chi connectivity index (χ0v) is 14.3. The van der Waals surface area contributed by atoms with Crippen LogP contribution in [0, 0.1) is 18.3 Å². The van der Waals surface area contributed by atoms with E-state index in [0.717, 1.165) is 16.7 Å². The number of nitrogens with zero attached hydrogens (tertiary/aromatic N) is 2. The highest BCUT2D eigenvalue weighted by Gasteiger charge is 2.15. The first-order chi connectivity index (χ1) is 12.0. The number of pyridine rings is 1. The van der Waals surface area contributed by atoms with Crippen LogP contribution in [0.5, 0.6) is 0 Å². The van der Waals surface area contributed by atoms with Crippen LogP contribution < -0.4 is 4.72 Å². The van der Waals surface area contributed by atoms with E-state index in [1.54, 1.807) is 42.7 Å². The van der Waals surface area contributed by atoms with Gasteiger partial charge < -0.3 is 0 Å². The van der Waals surface area contributed by atoms with Crippen LogP contribution in [0.25, 0.3) is 11.1 Å². The molecule has 0 aliphatic rings. The van der Waals surface area contributed by atoms with Gasteiger partial charge in [0.1, 0.15) is 0 Å². The fourth-order valence-electron chi connectivity index (χ4n) is 2.49. The van der Waals surface area contributed by atoms with Gasteiger partial charge in [-0.05, 0) is 42.8 Å². The molecule has 1 heterocycles. The first-order valence-corrected chi connectivity index (χ1v) is 9.02. The molecular formula is C19H15N3O2S. The SMILES string of the molecule is Cc1ccncc1-c1ccc(NS(=O)(=O)c2ccccc2)cc1C#N. The molecule has 1 aromatic heterocycles. The molecule has 0 aliphatic carbocycles. The second kappa shape index (κ2) is 6.75. The Kier molecular flexibility index (Phi) is 4.50. The number of aryl methyl sites for hydroxylation is 1. The van der Waals surface area contributed by atoms with E-state index in [2.05, 4.69) is 15.8 Å². The summed E-state index contributed by atoms with van der Waals surface area (Å²) in [4.78, 5) is 4.27. The molecule has 5 nitrogen and oxygen atoms in total. The minimum atomic E-state index is -3.70. The third-order valence-electron chi connectivity index (χ3n) is 3.77. The van der Waals surface area contributed by atoms with Gasteiger partial charge in [-0.2, -0.15) is 5.26 Å². The van der Waals surface area contributed by atoms with Crippen molar-refractivity contribution in [3.63, 3.8) is 0 Å². The second-order valence-electron chi connectivity index (χ2n) is 5.48. The van der Waals surface area contributed by atoms with Gasteiger partial charge in [-0.25, -0.2) is 8.42 Å². The van der Waals surface area contributed by atoms with Crippen molar-refractivity contribution >= 4 is 15.7 Å². The van der Waals surface area contributed by atoms with E-state index in [-0.39, 0.29) is 4.90 Å². The molecule has 25 heavy (non-hydrogen) atoms. The van der Waals surface area contributed by atoms with Crippen molar-refractivity contribution in [3.05, 3.63) is 78.1 Å². The Morgan fingerprint density at radius 1 is 1.04 bits per heavy atom. The number of nitrogens with one attached hydrogen (secondary N) is 1. The Morgan fingerprint density at radius 3 is 2.48 bits per heavy atom. The molecule has 0 saturated carbocycles. The van der Waals surface area contributed by atoms with Gasteiger partial charge in [-0.1, -0.05) is 24.3 Å². The summed E-state index contributed by atoms with van der Waals surface area (Å²) in [6, 6.07) is 17.0. The summed E-state index contributed by atoms with van der Waals surface area (Å²) >= 11 is 0. The van der Waals surface area contributed by atoms with Gasteiger partial charge in [-0.15, -0.1) is 0 Å². The smallest absolute Gasteiger partial charge is 0.261 e. The Balaban J connectivity index is 1.99. The summed E-state index contributed by atoms with van der Waals surface area (Å²) in [6.07, 6.45) is 3.38. The molecule has 0 bridgehead atoms. The van der Waals surface area contributed by atoms with Gasteiger partial charge in [0.05, 0.1) is 22.2 Å². The first-order valence-electron chi connectivity index (χ1n) is 7.54. The minimum absolute atomic E-state index is 0.167. The number of hydrogen-bond donors (Lipinski definition) is 1. The predicted octanol–water partition coefficient (Wildman–Crippen LogP) is 3.73. The van der Waals surface area contributed by atoms with Crippen molar-refractivity contribution < 1.29 is 8.42 Å². The molecule has 124 valence electrons. The van der Waals surface area contributed by atoms with E-state index in [9.17, 15) is 13.7 Å². The van der Waals surface area contributed by atoms with E-state index >= 15 is 0 Å². The zero-order chi connectivity index (χ0) is 17.9. The lowest BCUT2D eigenvalue weighted by atomic mass is 9.98. The number of anilines is 1. The Morgan fingerprint density at radius 2 is 1.80 bits per heavy atom. The van der Waals surface area contributed by atoms with E-state index in [1.807, 2.05) is 13.0 Å². The highest BCUT2D eigenvalue weighted by atomic mass is 32.2. The third-order valence-corrected chi connectivity index (χ3v) is 5.17. The Bertz CT molecular complexity index is 1060. The zero-order valence-electron chi connectivity index (χ0n) is 13.5.